The fraction of sp³-hybridized carbons (Fsp3) is 0.462. The molecule has 2 atom stereocenters. The Kier molecular flexibility index (Phi) is 5.51. The zero-order valence-corrected chi connectivity index (χ0v) is 13.4. The molecule has 7 heteroatoms. The summed E-state index contributed by atoms with van der Waals surface area (Å²) in [6.07, 6.45) is 0. The molecule has 110 valence electrons. The van der Waals surface area contributed by atoms with Crippen LogP contribution in [0.3, 0.4) is 0 Å². The summed E-state index contributed by atoms with van der Waals surface area (Å²) in [6, 6.07) is 8.51. The molecule has 0 bridgehead atoms. The van der Waals surface area contributed by atoms with Crippen LogP contribution in [0.2, 0.25) is 0 Å². The number of esters is 1. The van der Waals surface area contributed by atoms with E-state index in [-0.39, 0.29) is 0 Å². The number of ether oxygens (including phenoxy) is 1. The summed E-state index contributed by atoms with van der Waals surface area (Å²) in [5.41, 5.74) is -0.700. The van der Waals surface area contributed by atoms with Gasteiger partial charge in [-0.15, -0.1) is 0 Å². The highest BCUT2D eigenvalue weighted by Gasteiger charge is 2.38. The van der Waals surface area contributed by atoms with Crippen LogP contribution in [0.25, 0.3) is 0 Å². The van der Waals surface area contributed by atoms with Crippen molar-refractivity contribution < 1.29 is 18.9 Å². The quantitative estimate of drug-likeness (QED) is 0.370. The molecule has 0 saturated carbocycles. The first-order chi connectivity index (χ1) is 9.10. The van der Waals surface area contributed by atoms with E-state index in [4.69, 9.17) is 20.9 Å². The topological polar surface area (TPSA) is 71.0 Å². The maximum atomic E-state index is 11.8. The number of halogens is 1. The van der Waals surface area contributed by atoms with Crippen LogP contribution in [0, 0.1) is 0 Å². The summed E-state index contributed by atoms with van der Waals surface area (Å²) in [7, 11) is -2.48. The molecule has 0 saturated heterocycles. The molecule has 0 spiro atoms. The zero-order chi connectivity index (χ0) is 15.4. The lowest BCUT2D eigenvalue weighted by Gasteiger charge is -2.23. The first-order valence-corrected chi connectivity index (χ1v) is 7.46. The van der Waals surface area contributed by atoms with Gasteiger partial charge in [-0.3, -0.25) is 4.52 Å². The monoisotopic (exact) mass is 317 g/mol. The van der Waals surface area contributed by atoms with Gasteiger partial charge in [0, 0.05) is 0 Å². The number of alkyl halides is 1. The summed E-state index contributed by atoms with van der Waals surface area (Å²) in [5, 5.41) is 0. The van der Waals surface area contributed by atoms with Gasteiger partial charge in [0.15, 0.2) is 5.75 Å². The highest BCUT2D eigenvalue weighted by atomic mass is 35.5. The summed E-state index contributed by atoms with van der Waals surface area (Å²) in [4.78, 5) is 21.8. The lowest BCUT2D eigenvalue weighted by atomic mass is 10.2. The second kappa shape index (κ2) is 6.53. The third-order valence-corrected chi connectivity index (χ3v) is 3.25. The lowest BCUT2D eigenvalue weighted by Crippen LogP contribution is -2.35. The van der Waals surface area contributed by atoms with Gasteiger partial charge in [0.1, 0.15) is 5.60 Å². The number of rotatable bonds is 4. The molecule has 5 nitrogen and oxygen atoms in total. The van der Waals surface area contributed by atoms with Gasteiger partial charge in [-0.2, -0.15) is 0 Å². The summed E-state index contributed by atoms with van der Waals surface area (Å²) < 4.78 is 13.9. The van der Waals surface area contributed by atoms with Crippen molar-refractivity contribution in [1.29, 1.82) is 0 Å². The molecule has 1 rings (SSSR count). The predicted molar refractivity (Wildman–Crippen MR) is 76.5 cm³/mol. The molecular formula is C13H17ClNO4P. The van der Waals surface area contributed by atoms with E-state index in [0.717, 1.165) is 0 Å². The van der Waals surface area contributed by atoms with Crippen LogP contribution in [0.5, 0.6) is 5.75 Å². The van der Waals surface area contributed by atoms with Gasteiger partial charge >= 0.3 is 14.1 Å². The molecule has 0 fully saturated rings. The minimum absolute atomic E-state index is 0.383. The minimum Gasteiger partial charge on any atom is -0.575 e. The zero-order valence-electron chi connectivity index (χ0n) is 11.8. The SMILES string of the molecule is CC(C)(C)OC(=O)[C@@](C)(Cl)N=[P+]([O-])Oc1ccccc1. The van der Waals surface area contributed by atoms with Gasteiger partial charge in [0.2, 0.25) is 0 Å². The number of benzene rings is 1. The molecule has 0 aliphatic rings. The number of nitrogens with zero attached hydrogens (tertiary/aromatic N) is 1. The van der Waals surface area contributed by atoms with Crippen LogP contribution in [0.1, 0.15) is 27.7 Å². The van der Waals surface area contributed by atoms with Crippen molar-refractivity contribution in [3.05, 3.63) is 30.3 Å². The van der Waals surface area contributed by atoms with Gasteiger partial charge in [0.25, 0.3) is 5.00 Å². The third kappa shape index (κ3) is 5.87. The molecule has 0 amide bonds. The Bertz CT molecular complexity index is 497. The van der Waals surface area contributed by atoms with Crippen molar-refractivity contribution in [2.24, 2.45) is 4.74 Å². The van der Waals surface area contributed by atoms with Gasteiger partial charge in [-0.1, -0.05) is 29.8 Å². The second-order valence-corrected chi connectivity index (χ2v) is 6.79. The number of hydrogen-bond donors (Lipinski definition) is 0. The van der Waals surface area contributed by atoms with Crippen LogP contribution in [-0.2, 0) is 9.53 Å². The number of hydrogen-bond acceptors (Lipinski definition) is 5. The Labute approximate surface area is 124 Å². The Morgan fingerprint density at radius 1 is 1.25 bits per heavy atom. The minimum atomic E-state index is -2.48. The molecule has 1 aromatic carbocycles. The van der Waals surface area contributed by atoms with Crippen LogP contribution >= 0.6 is 19.8 Å². The molecule has 0 aromatic heterocycles. The second-order valence-electron chi connectivity index (χ2n) is 5.20. The number of para-hydroxylation sites is 1. The molecule has 0 radical (unpaired) electrons. The van der Waals surface area contributed by atoms with E-state index < -0.39 is 24.7 Å². The van der Waals surface area contributed by atoms with Crippen molar-refractivity contribution >= 4 is 25.7 Å². The molecular weight excluding hydrogens is 301 g/mol. The predicted octanol–water partition coefficient (Wildman–Crippen LogP) is 3.22. The Morgan fingerprint density at radius 2 is 1.80 bits per heavy atom. The smallest absolute Gasteiger partial charge is 0.396 e. The van der Waals surface area contributed by atoms with E-state index in [1.54, 1.807) is 51.1 Å². The van der Waals surface area contributed by atoms with E-state index in [0.29, 0.717) is 5.75 Å². The molecule has 0 aliphatic heterocycles. The summed E-state index contributed by atoms with van der Waals surface area (Å²) in [6.45, 7) is 6.43. The average Bonchev–Trinajstić information content (AvgIpc) is 2.26. The average molecular weight is 318 g/mol. The van der Waals surface area contributed by atoms with E-state index in [1.165, 1.54) is 6.92 Å². The molecule has 1 unspecified atom stereocenters. The fourth-order valence-corrected chi connectivity index (χ4v) is 2.11. The third-order valence-electron chi connectivity index (χ3n) is 1.97. The fourth-order valence-electron chi connectivity index (χ4n) is 1.16. The van der Waals surface area contributed by atoms with Crippen LogP contribution in [-0.4, -0.2) is 16.6 Å². The Balaban J connectivity index is 2.77. The van der Waals surface area contributed by atoms with Crippen molar-refractivity contribution in [2.75, 3.05) is 0 Å². The first-order valence-electron chi connectivity index (χ1n) is 5.95. The molecule has 0 heterocycles. The van der Waals surface area contributed by atoms with Crippen molar-refractivity contribution in [2.45, 2.75) is 38.3 Å². The molecule has 0 N–H and O–H groups in total. The van der Waals surface area contributed by atoms with Crippen molar-refractivity contribution in [3.8, 4) is 5.75 Å². The van der Waals surface area contributed by atoms with Crippen LogP contribution < -0.4 is 9.42 Å². The molecule has 1 aromatic rings. The molecule has 0 aliphatic carbocycles. The van der Waals surface area contributed by atoms with E-state index >= 15 is 0 Å². The number of carbonyl (C=O) groups is 1. The van der Waals surface area contributed by atoms with E-state index in [9.17, 15) is 9.69 Å². The van der Waals surface area contributed by atoms with Crippen molar-refractivity contribution in [3.63, 3.8) is 0 Å². The number of carbonyl (C=O) groups excluding carboxylic acids is 1. The Morgan fingerprint density at radius 3 is 2.30 bits per heavy atom. The standard InChI is InChI=1S/C13H17ClNO4P/c1-12(2,3)18-11(16)13(4,14)15-20(17)19-10-8-6-5-7-9-10/h5-9H,1-4H3/t13-/m0/s1. The molecule has 20 heavy (non-hydrogen) atoms. The van der Waals surface area contributed by atoms with Crippen molar-refractivity contribution in [1.82, 2.24) is 0 Å². The normalized spacial score (nSPS) is 15.4. The van der Waals surface area contributed by atoms with E-state index in [2.05, 4.69) is 4.74 Å². The van der Waals surface area contributed by atoms with Gasteiger partial charge in [0.05, 0.1) is 0 Å². The first kappa shape index (κ1) is 16.9. The maximum absolute atomic E-state index is 11.8. The highest BCUT2D eigenvalue weighted by molar-refractivity contribution is 7.34. The summed E-state index contributed by atoms with van der Waals surface area (Å²) >= 11 is 5.95. The van der Waals surface area contributed by atoms with Gasteiger partial charge in [-0.05, 0) is 44.6 Å². The largest absolute Gasteiger partial charge is 0.575 e. The van der Waals surface area contributed by atoms with Crippen LogP contribution in [0.4, 0.5) is 0 Å². The summed E-state index contributed by atoms with van der Waals surface area (Å²) in [5.74, 6) is -0.388. The van der Waals surface area contributed by atoms with Gasteiger partial charge in [-0.25, -0.2) is 4.79 Å². The van der Waals surface area contributed by atoms with Crippen LogP contribution in [0.15, 0.2) is 35.1 Å². The Hall–Kier alpha value is -1.16. The maximum Gasteiger partial charge on any atom is 0.396 e. The lowest BCUT2D eigenvalue weighted by molar-refractivity contribution is -0.171. The van der Waals surface area contributed by atoms with Gasteiger partial charge < -0.3 is 9.63 Å². The van der Waals surface area contributed by atoms with E-state index in [1.807, 2.05) is 0 Å². The highest BCUT2D eigenvalue weighted by Crippen LogP contribution is 2.31.